The summed E-state index contributed by atoms with van der Waals surface area (Å²) in [4.78, 5) is 0. The van der Waals surface area contributed by atoms with Crippen LogP contribution >= 0.6 is 23.2 Å². The van der Waals surface area contributed by atoms with E-state index in [9.17, 15) is 5.26 Å². The molecule has 0 aromatic heterocycles. The van der Waals surface area contributed by atoms with Gasteiger partial charge in [-0.2, -0.15) is 5.26 Å². The van der Waals surface area contributed by atoms with Gasteiger partial charge in [0, 0.05) is 10.0 Å². The third kappa shape index (κ3) is 4.18. The van der Waals surface area contributed by atoms with Crippen LogP contribution in [0.5, 0.6) is 0 Å². The zero-order valence-electron chi connectivity index (χ0n) is 18.5. The van der Waals surface area contributed by atoms with Crippen LogP contribution < -0.4 is 5.73 Å². The first-order valence-electron chi connectivity index (χ1n) is 10.7. The van der Waals surface area contributed by atoms with Crippen molar-refractivity contribution < 1.29 is 4.74 Å². The summed E-state index contributed by atoms with van der Waals surface area (Å²) in [5, 5.41) is 11.3. The maximum Gasteiger partial charge on any atom is 0.205 e. The lowest BCUT2D eigenvalue weighted by molar-refractivity contribution is 0.200. The summed E-state index contributed by atoms with van der Waals surface area (Å²) in [6.45, 7) is 6.75. The first-order valence-corrected chi connectivity index (χ1v) is 11.5. The molecule has 0 amide bonds. The minimum atomic E-state index is -0.336. The zero-order chi connectivity index (χ0) is 23.0. The average Bonchev–Trinajstić information content (AvgIpc) is 2.74. The van der Waals surface area contributed by atoms with Crippen LogP contribution in [0.2, 0.25) is 10.0 Å². The number of hydrogen-bond donors (Lipinski definition) is 1. The predicted molar refractivity (Wildman–Crippen MR) is 131 cm³/mol. The summed E-state index contributed by atoms with van der Waals surface area (Å²) in [5.41, 5.74) is 10.6. The van der Waals surface area contributed by atoms with Gasteiger partial charge in [0.1, 0.15) is 17.4 Å². The summed E-state index contributed by atoms with van der Waals surface area (Å²) in [6, 6.07) is 17.7. The summed E-state index contributed by atoms with van der Waals surface area (Å²) >= 11 is 13.1. The monoisotopic (exact) mass is 464 g/mol. The minimum Gasteiger partial charge on any atom is -0.440 e. The predicted octanol–water partition coefficient (Wildman–Crippen LogP) is 7.59. The van der Waals surface area contributed by atoms with Crippen molar-refractivity contribution in [3.8, 4) is 6.07 Å². The van der Waals surface area contributed by atoms with Crippen LogP contribution in [0.25, 0.3) is 6.08 Å². The number of nitriles is 1. The first kappa shape index (κ1) is 22.5. The SMILES string of the molecule is CC(C)(C)[C@@H]1CC2=C(OC(N)=C(C#N)[C@@H]2c2ccccc2Cl)/C(=C/c2ccccc2Cl)C1. The zero-order valence-corrected chi connectivity index (χ0v) is 20.0. The van der Waals surface area contributed by atoms with Crippen molar-refractivity contribution in [3.05, 3.63) is 98.1 Å². The molecule has 0 fully saturated rings. The standard InChI is InChI=1S/C27H26Cl2N2O/c1-27(2,3)18-13-17(12-16-8-4-6-10-22(16)28)25-20(14-18)24(21(15-30)26(31)32-25)19-9-5-7-11-23(19)29/h4-12,18,24H,13-14,31H2,1-3H3/b17-12+/t18-,24+/m0/s1. The number of rotatable bonds is 2. The molecule has 2 aromatic rings. The van der Waals surface area contributed by atoms with Crippen molar-refractivity contribution >= 4 is 29.3 Å². The molecule has 0 radical (unpaired) electrons. The molecule has 0 saturated heterocycles. The molecule has 32 heavy (non-hydrogen) atoms. The molecule has 1 aliphatic carbocycles. The van der Waals surface area contributed by atoms with Gasteiger partial charge >= 0.3 is 0 Å². The van der Waals surface area contributed by atoms with E-state index in [0.29, 0.717) is 21.5 Å². The van der Waals surface area contributed by atoms with Crippen molar-refractivity contribution in [1.82, 2.24) is 0 Å². The van der Waals surface area contributed by atoms with Crippen LogP contribution in [0.1, 0.15) is 50.7 Å². The van der Waals surface area contributed by atoms with E-state index in [4.69, 9.17) is 33.7 Å². The second-order valence-electron chi connectivity index (χ2n) is 9.46. The lowest BCUT2D eigenvalue weighted by Crippen LogP contribution is -2.31. The highest BCUT2D eigenvalue weighted by atomic mass is 35.5. The van der Waals surface area contributed by atoms with Gasteiger partial charge in [0.05, 0.1) is 5.92 Å². The van der Waals surface area contributed by atoms with E-state index >= 15 is 0 Å². The van der Waals surface area contributed by atoms with Crippen LogP contribution in [0, 0.1) is 22.7 Å². The molecule has 2 atom stereocenters. The van der Waals surface area contributed by atoms with E-state index in [-0.39, 0.29) is 17.2 Å². The lowest BCUT2D eigenvalue weighted by atomic mass is 9.66. The van der Waals surface area contributed by atoms with Crippen molar-refractivity contribution in [1.29, 1.82) is 5.26 Å². The van der Waals surface area contributed by atoms with Gasteiger partial charge in [-0.15, -0.1) is 0 Å². The van der Waals surface area contributed by atoms with Crippen molar-refractivity contribution in [2.45, 2.75) is 39.5 Å². The Kier molecular flexibility index (Phi) is 6.12. The molecule has 1 aliphatic heterocycles. The molecule has 0 spiro atoms. The Morgan fingerprint density at radius 1 is 1.03 bits per heavy atom. The van der Waals surface area contributed by atoms with E-state index < -0.39 is 0 Å². The molecule has 2 aliphatic rings. The second kappa shape index (κ2) is 8.70. The molecule has 4 rings (SSSR count). The number of hydrogen-bond acceptors (Lipinski definition) is 3. The molecule has 3 nitrogen and oxygen atoms in total. The molecule has 2 N–H and O–H groups in total. The van der Waals surface area contributed by atoms with Gasteiger partial charge in [0.25, 0.3) is 0 Å². The Morgan fingerprint density at radius 3 is 2.31 bits per heavy atom. The highest BCUT2D eigenvalue weighted by Crippen LogP contribution is 2.52. The van der Waals surface area contributed by atoms with Gasteiger partial charge in [-0.1, -0.05) is 80.4 Å². The van der Waals surface area contributed by atoms with Crippen LogP contribution in [0.15, 0.2) is 76.9 Å². The number of halogens is 2. The first-order chi connectivity index (χ1) is 15.2. The van der Waals surface area contributed by atoms with Crippen LogP contribution in [0.4, 0.5) is 0 Å². The number of allylic oxidation sites excluding steroid dienone is 3. The quantitative estimate of drug-likeness (QED) is 0.497. The average molecular weight is 465 g/mol. The third-order valence-electron chi connectivity index (χ3n) is 6.43. The molecule has 5 heteroatoms. The summed E-state index contributed by atoms with van der Waals surface area (Å²) < 4.78 is 6.13. The number of ether oxygens (including phenoxy) is 1. The van der Waals surface area contributed by atoms with E-state index in [0.717, 1.165) is 40.9 Å². The third-order valence-corrected chi connectivity index (χ3v) is 7.12. The van der Waals surface area contributed by atoms with Crippen molar-refractivity contribution in [2.24, 2.45) is 17.1 Å². The summed E-state index contributed by atoms with van der Waals surface area (Å²) in [6.07, 6.45) is 3.72. The van der Waals surface area contributed by atoms with Crippen LogP contribution in [0.3, 0.4) is 0 Å². The Labute approximate surface area is 199 Å². The Balaban J connectivity index is 1.95. The van der Waals surface area contributed by atoms with E-state index in [2.05, 4.69) is 32.9 Å². The fourth-order valence-corrected chi connectivity index (χ4v) is 4.98. The fourth-order valence-electron chi connectivity index (χ4n) is 4.54. The highest BCUT2D eigenvalue weighted by molar-refractivity contribution is 6.32. The van der Waals surface area contributed by atoms with E-state index in [1.165, 1.54) is 0 Å². The molecular formula is C27H26Cl2N2O. The molecular weight excluding hydrogens is 439 g/mol. The van der Waals surface area contributed by atoms with Gasteiger partial charge in [-0.3, -0.25) is 0 Å². The van der Waals surface area contributed by atoms with Crippen LogP contribution in [-0.4, -0.2) is 0 Å². The minimum absolute atomic E-state index is 0.0582. The molecule has 164 valence electrons. The maximum atomic E-state index is 9.97. The second-order valence-corrected chi connectivity index (χ2v) is 10.3. The summed E-state index contributed by atoms with van der Waals surface area (Å²) in [7, 11) is 0. The fraction of sp³-hybridized carbons (Fsp3) is 0.296. The molecule has 0 saturated carbocycles. The molecule has 0 bridgehead atoms. The van der Waals surface area contributed by atoms with Gasteiger partial charge in [-0.05, 0) is 64.7 Å². The molecule has 2 aromatic carbocycles. The van der Waals surface area contributed by atoms with Crippen LogP contribution in [-0.2, 0) is 4.74 Å². The number of benzene rings is 2. The Morgan fingerprint density at radius 2 is 1.69 bits per heavy atom. The molecule has 0 unspecified atom stereocenters. The van der Waals surface area contributed by atoms with Crippen molar-refractivity contribution in [2.75, 3.05) is 0 Å². The van der Waals surface area contributed by atoms with Crippen molar-refractivity contribution in [3.63, 3.8) is 0 Å². The lowest BCUT2D eigenvalue weighted by Gasteiger charge is -2.41. The number of nitrogens with zero attached hydrogens (tertiary/aromatic N) is 1. The highest BCUT2D eigenvalue weighted by Gasteiger charge is 2.41. The van der Waals surface area contributed by atoms with E-state index in [1.807, 2.05) is 48.5 Å². The number of nitrogens with two attached hydrogens (primary N) is 1. The summed E-state index contributed by atoms with van der Waals surface area (Å²) in [5.74, 6) is 0.891. The Bertz CT molecular complexity index is 1190. The maximum absolute atomic E-state index is 9.97. The van der Waals surface area contributed by atoms with Gasteiger partial charge in [0.2, 0.25) is 5.88 Å². The molecule has 1 heterocycles. The van der Waals surface area contributed by atoms with Gasteiger partial charge in [0.15, 0.2) is 0 Å². The topological polar surface area (TPSA) is 59.0 Å². The van der Waals surface area contributed by atoms with Gasteiger partial charge in [-0.25, -0.2) is 0 Å². The smallest absolute Gasteiger partial charge is 0.205 e. The largest absolute Gasteiger partial charge is 0.440 e. The normalized spacial score (nSPS) is 22.4. The van der Waals surface area contributed by atoms with Gasteiger partial charge < -0.3 is 10.5 Å². The Hall–Kier alpha value is -2.67. The van der Waals surface area contributed by atoms with E-state index in [1.54, 1.807) is 0 Å².